The van der Waals surface area contributed by atoms with Crippen LogP contribution >= 0.6 is 0 Å². The van der Waals surface area contributed by atoms with Crippen LogP contribution in [0.5, 0.6) is 0 Å². The van der Waals surface area contributed by atoms with Crippen LogP contribution in [0, 0.1) is 0 Å². The van der Waals surface area contributed by atoms with Crippen molar-refractivity contribution in [3.8, 4) is 0 Å². The Morgan fingerprint density at radius 3 is 2.04 bits per heavy atom. The summed E-state index contributed by atoms with van der Waals surface area (Å²) in [5, 5.41) is 0. The molecule has 2 aromatic carbocycles. The highest BCUT2D eigenvalue weighted by Crippen LogP contribution is 2.16. The van der Waals surface area contributed by atoms with Crippen LogP contribution in [0.2, 0.25) is 0 Å². The van der Waals surface area contributed by atoms with E-state index in [9.17, 15) is 9.59 Å². The number of Topliss-reactive ketones (excluding diaryl/α,β-unsaturated/α-hetero) is 1. The fourth-order valence-electron chi connectivity index (χ4n) is 2.52. The number of ether oxygens (including phenoxy) is 1. The van der Waals surface area contributed by atoms with E-state index in [-0.39, 0.29) is 5.78 Å². The molecule has 1 atom stereocenters. The molecule has 126 valence electrons. The zero-order chi connectivity index (χ0) is 17.5. The molecule has 0 aliphatic heterocycles. The smallest absolute Gasteiger partial charge is 0.338 e. The van der Waals surface area contributed by atoms with E-state index >= 15 is 0 Å². The van der Waals surface area contributed by atoms with Crippen LogP contribution < -0.4 is 4.90 Å². The molecule has 0 aromatic heterocycles. The molecular formula is C20H23NO3. The van der Waals surface area contributed by atoms with Gasteiger partial charge < -0.3 is 9.64 Å². The van der Waals surface area contributed by atoms with Gasteiger partial charge in [0.1, 0.15) is 0 Å². The van der Waals surface area contributed by atoms with Crippen molar-refractivity contribution in [1.82, 2.24) is 0 Å². The highest BCUT2D eigenvalue weighted by molar-refractivity contribution is 6.01. The van der Waals surface area contributed by atoms with Crippen molar-refractivity contribution in [3.63, 3.8) is 0 Å². The number of anilines is 1. The Labute approximate surface area is 143 Å². The van der Waals surface area contributed by atoms with Crippen molar-refractivity contribution < 1.29 is 14.3 Å². The molecule has 0 N–H and O–H groups in total. The van der Waals surface area contributed by atoms with Crippen molar-refractivity contribution >= 4 is 17.4 Å². The summed E-state index contributed by atoms with van der Waals surface area (Å²) in [6.07, 6.45) is -0.817. The molecule has 0 fully saturated rings. The monoisotopic (exact) mass is 325 g/mol. The van der Waals surface area contributed by atoms with Crippen LogP contribution in [0.25, 0.3) is 0 Å². The largest absolute Gasteiger partial charge is 0.451 e. The van der Waals surface area contributed by atoms with Crippen LogP contribution in [0.4, 0.5) is 5.69 Å². The second-order valence-corrected chi connectivity index (χ2v) is 5.50. The first-order valence-electron chi connectivity index (χ1n) is 8.22. The molecule has 0 bridgehead atoms. The van der Waals surface area contributed by atoms with Crippen LogP contribution in [0.3, 0.4) is 0 Å². The number of rotatable bonds is 7. The van der Waals surface area contributed by atoms with E-state index in [0.29, 0.717) is 11.1 Å². The van der Waals surface area contributed by atoms with Crippen LogP contribution in [0.1, 0.15) is 41.5 Å². The van der Waals surface area contributed by atoms with Crippen molar-refractivity contribution in [2.75, 3.05) is 18.0 Å². The number of hydrogen-bond acceptors (Lipinski definition) is 4. The predicted molar refractivity (Wildman–Crippen MR) is 95.7 cm³/mol. The van der Waals surface area contributed by atoms with E-state index in [0.717, 1.165) is 18.8 Å². The van der Waals surface area contributed by atoms with Gasteiger partial charge in [-0.1, -0.05) is 30.3 Å². The average molecular weight is 325 g/mol. The Kier molecular flexibility index (Phi) is 6.13. The first-order valence-corrected chi connectivity index (χ1v) is 8.22. The van der Waals surface area contributed by atoms with Gasteiger partial charge in [0.15, 0.2) is 6.10 Å². The molecule has 0 aliphatic rings. The number of nitrogens with zero attached hydrogens (tertiary/aromatic N) is 1. The molecule has 0 saturated carbocycles. The molecule has 2 aromatic rings. The lowest BCUT2D eigenvalue weighted by Gasteiger charge is -2.21. The zero-order valence-electron chi connectivity index (χ0n) is 14.4. The minimum absolute atomic E-state index is 0.205. The van der Waals surface area contributed by atoms with Crippen LogP contribution in [-0.2, 0) is 4.74 Å². The summed E-state index contributed by atoms with van der Waals surface area (Å²) >= 11 is 0. The number of carbonyl (C=O) groups excluding carboxylic acids is 2. The summed E-state index contributed by atoms with van der Waals surface area (Å²) in [5.74, 6) is -0.693. The van der Waals surface area contributed by atoms with Crippen molar-refractivity contribution in [2.45, 2.75) is 26.9 Å². The Morgan fingerprint density at radius 2 is 1.50 bits per heavy atom. The third kappa shape index (κ3) is 4.22. The topological polar surface area (TPSA) is 46.6 Å². The van der Waals surface area contributed by atoms with Gasteiger partial charge in [-0.05, 0) is 45.0 Å². The number of esters is 1. The summed E-state index contributed by atoms with van der Waals surface area (Å²) in [6.45, 7) is 7.58. The number of hydrogen-bond donors (Lipinski definition) is 0. The van der Waals surface area contributed by atoms with Gasteiger partial charge in [0.2, 0.25) is 5.78 Å². The molecule has 0 spiro atoms. The van der Waals surface area contributed by atoms with Crippen LogP contribution in [-0.4, -0.2) is 30.9 Å². The van der Waals surface area contributed by atoms with E-state index in [1.54, 1.807) is 43.3 Å². The predicted octanol–water partition coefficient (Wildman–Crippen LogP) is 3.96. The molecule has 0 heterocycles. The lowest BCUT2D eigenvalue weighted by atomic mass is 10.1. The Hall–Kier alpha value is -2.62. The fraction of sp³-hybridized carbons (Fsp3) is 0.300. The molecule has 0 amide bonds. The van der Waals surface area contributed by atoms with E-state index in [1.807, 2.05) is 18.2 Å². The average Bonchev–Trinajstić information content (AvgIpc) is 2.63. The summed E-state index contributed by atoms with van der Waals surface area (Å²) in [5.41, 5.74) is 2.04. The van der Waals surface area contributed by atoms with Gasteiger partial charge in [-0.15, -0.1) is 0 Å². The quantitative estimate of drug-likeness (QED) is 0.571. The molecule has 24 heavy (non-hydrogen) atoms. The number of carbonyl (C=O) groups is 2. The maximum absolute atomic E-state index is 12.2. The van der Waals surface area contributed by atoms with Crippen molar-refractivity contribution in [3.05, 3.63) is 65.7 Å². The molecule has 0 unspecified atom stereocenters. The van der Waals surface area contributed by atoms with Gasteiger partial charge in [-0.25, -0.2) is 4.79 Å². The zero-order valence-corrected chi connectivity index (χ0v) is 14.4. The number of ketones is 1. The first-order chi connectivity index (χ1) is 11.6. The van der Waals surface area contributed by atoms with Crippen molar-refractivity contribution in [1.29, 1.82) is 0 Å². The van der Waals surface area contributed by atoms with Gasteiger partial charge in [0, 0.05) is 24.3 Å². The molecule has 4 nitrogen and oxygen atoms in total. The van der Waals surface area contributed by atoms with E-state index in [4.69, 9.17) is 4.74 Å². The standard InChI is InChI=1S/C20H23NO3/c1-4-21(5-2)18-13-11-17(12-14-18)20(23)24-15(3)19(22)16-9-7-6-8-10-16/h6-15H,4-5H2,1-3H3/t15-/m0/s1. The maximum atomic E-state index is 12.2. The Balaban J connectivity index is 2.03. The van der Waals surface area contributed by atoms with Crippen molar-refractivity contribution in [2.24, 2.45) is 0 Å². The minimum atomic E-state index is -0.817. The van der Waals surface area contributed by atoms with Gasteiger partial charge in [-0.3, -0.25) is 4.79 Å². The van der Waals surface area contributed by atoms with Gasteiger partial charge >= 0.3 is 5.97 Å². The fourth-order valence-corrected chi connectivity index (χ4v) is 2.52. The highest BCUT2D eigenvalue weighted by Gasteiger charge is 2.20. The summed E-state index contributed by atoms with van der Waals surface area (Å²) in [4.78, 5) is 26.7. The van der Waals surface area contributed by atoms with E-state index in [1.165, 1.54) is 0 Å². The second-order valence-electron chi connectivity index (χ2n) is 5.50. The maximum Gasteiger partial charge on any atom is 0.338 e. The minimum Gasteiger partial charge on any atom is -0.451 e. The van der Waals surface area contributed by atoms with Gasteiger partial charge in [0.25, 0.3) is 0 Å². The van der Waals surface area contributed by atoms with E-state index in [2.05, 4.69) is 18.7 Å². The third-order valence-corrected chi connectivity index (χ3v) is 3.94. The Morgan fingerprint density at radius 1 is 0.917 bits per heavy atom. The van der Waals surface area contributed by atoms with Gasteiger partial charge in [0.05, 0.1) is 5.56 Å². The lowest BCUT2D eigenvalue weighted by molar-refractivity contribution is 0.0319. The summed E-state index contributed by atoms with van der Waals surface area (Å²) in [6, 6.07) is 16.1. The molecule has 2 rings (SSSR count). The normalized spacial score (nSPS) is 11.6. The SMILES string of the molecule is CCN(CC)c1ccc(C(=O)O[C@@H](C)C(=O)c2ccccc2)cc1. The van der Waals surface area contributed by atoms with E-state index < -0.39 is 12.1 Å². The first kappa shape index (κ1) is 17.7. The Bertz CT molecular complexity index is 676. The molecule has 0 saturated heterocycles. The summed E-state index contributed by atoms with van der Waals surface area (Å²) < 4.78 is 5.30. The lowest BCUT2D eigenvalue weighted by Crippen LogP contribution is -2.24. The van der Waals surface area contributed by atoms with Crippen LogP contribution in [0.15, 0.2) is 54.6 Å². The number of benzene rings is 2. The molecular weight excluding hydrogens is 302 g/mol. The van der Waals surface area contributed by atoms with Gasteiger partial charge in [-0.2, -0.15) is 0 Å². The molecule has 4 heteroatoms. The third-order valence-electron chi connectivity index (χ3n) is 3.94. The second kappa shape index (κ2) is 8.29. The highest BCUT2D eigenvalue weighted by atomic mass is 16.5. The molecule has 0 radical (unpaired) electrons. The summed E-state index contributed by atoms with van der Waals surface area (Å²) in [7, 11) is 0. The molecule has 0 aliphatic carbocycles.